The number of nitrogens with one attached hydrogen (secondary N) is 3. The topological polar surface area (TPSA) is 82.2 Å². The van der Waals surface area contributed by atoms with E-state index in [2.05, 4.69) is 31.9 Å². The van der Waals surface area contributed by atoms with E-state index >= 15 is 0 Å². The van der Waals surface area contributed by atoms with Gasteiger partial charge in [-0.25, -0.2) is 9.78 Å². The van der Waals surface area contributed by atoms with Crippen molar-refractivity contribution < 1.29 is 4.79 Å². The average Bonchev–Trinajstić information content (AvgIpc) is 2.76. The second-order valence-corrected chi connectivity index (χ2v) is 9.00. The summed E-state index contributed by atoms with van der Waals surface area (Å²) in [4.78, 5) is 23.7. The number of nitrogens with zero attached hydrogens (tertiary/aromatic N) is 3. The molecule has 2 aromatic carbocycles. The van der Waals surface area contributed by atoms with Crippen LogP contribution in [0.4, 0.5) is 22.2 Å². The number of amides is 2. The molecule has 0 saturated heterocycles. The van der Waals surface area contributed by atoms with Crippen molar-refractivity contribution in [1.82, 2.24) is 15.3 Å². The minimum Gasteiger partial charge on any atom is -0.362 e. The Balaban J connectivity index is 1.32. The largest absolute Gasteiger partial charge is 0.362 e. The van der Waals surface area contributed by atoms with Crippen molar-refractivity contribution in [3.05, 3.63) is 53.0 Å². The minimum atomic E-state index is -0.160. The molecule has 3 aromatic rings. The maximum absolute atomic E-state index is 12.3. The van der Waals surface area contributed by atoms with Crippen LogP contribution in [0, 0.1) is 0 Å². The van der Waals surface area contributed by atoms with E-state index in [1.54, 1.807) is 0 Å². The van der Waals surface area contributed by atoms with Crippen LogP contribution in [-0.4, -0.2) is 42.2 Å². The second-order valence-electron chi connectivity index (χ2n) is 8.08. The summed E-state index contributed by atoms with van der Waals surface area (Å²) in [5.74, 6) is 1.57. The summed E-state index contributed by atoms with van der Waals surface area (Å²) in [5.41, 5.74) is 1.71. The molecular formula is C23H27BrN6O. The fourth-order valence-corrected chi connectivity index (χ4v) is 4.18. The highest BCUT2D eigenvalue weighted by molar-refractivity contribution is 9.10. The summed E-state index contributed by atoms with van der Waals surface area (Å²) in [5, 5.41) is 10.5. The van der Waals surface area contributed by atoms with Crippen molar-refractivity contribution in [2.75, 3.05) is 29.6 Å². The van der Waals surface area contributed by atoms with Crippen LogP contribution in [0.1, 0.15) is 25.7 Å². The van der Waals surface area contributed by atoms with E-state index in [-0.39, 0.29) is 12.1 Å². The molecule has 0 spiro atoms. The summed E-state index contributed by atoms with van der Waals surface area (Å²) in [6.07, 6.45) is 3.74. The molecule has 1 saturated carbocycles. The van der Waals surface area contributed by atoms with Crippen LogP contribution in [0.15, 0.2) is 53.0 Å². The number of halogens is 1. The first-order chi connectivity index (χ1) is 15.0. The predicted octanol–water partition coefficient (Wildman–Crippen LogP) is 5.00. The predicted molar refractivity (Wildman–Crippen MR) is 130 cm³/mol. The van der Waals surface area contributed by atoms with Crippen LogP contribution >= 0.6 is 15.9 Å². The smallest absolute Gasteiger partial charge is 0.319 e. The van der Waals surface area contributed by atoms with E-state index in [9.17, 15) is 4.79 Å². The zero-order chi connectivity index (χ0) is 21.8. The first-order valence-electron chi connectivity index (χ1n) is 10.5. The number of fused-ring (bicyclic) bond motifs is 1. The molecule has 1 fully saturated rings. The Morgan fingerprint density at radius 3 is 2.35 bits per heavy atom. The lowest BCUT2D eigenvalue weighted by atomic mass is 9.91. The van der Waals surface area contributed by atoms with Gasteiger partial charge >= 0.3 is 6.03 Å². The monoisotopic (exact) mass is 482 g/mol. The molecule has 0 atom stereocenters. The number of para-hydroxylation sites is 1. The number of urea groups is 1. The number of anilines is 3. The highest BCUT2D eigenvalue weighted by Crippen LogP contribution is 2.26. The molecule has 1 aliphatic carbocycles. The molecule has 4 rings (SSSR count). The van der Waals surface area contributed by atoms with Crippen molar-refractivity contribution >= 4 is 50.3 Å². The van der Waals surface area contributed by atoms with Gasteiger partial charge in [-0.15, -0.1) is 0 Å². The van der Waals surface area contributed by atoms with Crippen molar-refractivity contribution in [1.29, 1.82) is 0 Å². The molecule has 162 valence electrons. The molecule has 31 heavy (non-hydrogen) atoms. The normalized spacial score (nSPS) is 18.4. The van der Waals surface area contributed by atoms with Gasteiger partial charge in [0.2, 0.25) is 5.95 Å². The lowest BCUT2D eigenvalue weighted by Gasteiger charge is -2.30. The van der Waals surface area contributed by atoms with E-state index < -0.39 is 0 Å². The van der Waals surface area contributed by atoms with E-state index in [4.69, 9.17) is 9.97 Å². The van der Waals surface area contributed by atoms with Crippen LogP contribution in [0.3, 0.4) is 0 Å². The molecular weight excluding hydrogens is 456 g/mol. The lowest BCUT2D eigenvalue weighted by molar-refractivity contribution is 0.243. The summed E-state index contributed by atoms with van der Waals surface area (Å²) in [6, 6.07) is 15.9. The first kappa shape index (κ1) is 21.4. The molecule has 1 aromatic heterocycles. The molecule has 1 heterocycles. The maximum Gasteiger partial charge on any atom is 0.319 e. The Morgan fingerprint density at radius 1 is 0.968 bits per heavy atom. The van der Waals surface area contributed by atoms with Crippen LogP contribution < -0.4 is 20.9 Å². The highest BCUT2D eigenvalue weighted by atomic mass is 79.9. The van der Waals surface area contributed by atoms with E-state index in [1.807, 2.05) is 67.5 Å². The number of benzene rings is 2. The standard InChI is InChI=1S/C23H27BrN6O/c1-30(2)21-19-5-3-4-6-20(19)28-22(29-21)25-16-11-13-18(14-12-16)27-23(31)26-17-9-7-15(24)8-10-17/h3-10,16,18H,11-14H2,1-2H3,(H,25,28,29)(H2,26,27,31). The summed E-state index contributed by atoms with van der Waals surface area (Å²) in [6.45, 7) is 0. The van der Waals surface area contributed by atoms with E-state index in [0.29, 0.717) is 12.0 Å². The van der Waals surface area contributed by atoms with Crippen molar-refractivity contribution in [2.24, 2.45) is 0 Å². The lowest BCUT2D eigenvalue weighted by Crippen LogP contribution is -2.42. The van der Waals surface area contributed by atoms with Gasteiger partial charge in [0.05, 0.1) is 5.52 Å². The second kappa shape index (κ2) is 9.51. The Labute approximate surface area is 190 Å². The fourth-order valence-electron chi connectivity index (χ4n) is 3.92. The van der Waals surface area contributed by atoms with Crippen molar-refractivity contribution in [2.45, 2.75) is 37.8 Å². The zero-order valence-electron chi connectivity index (χ0n) is 17.7. The van der Waals surface area contributed by atoms with E-state index in [0.717, 1.165) is 52.6 Å². The molecule has 7 nitrogen and oxygen atoms in total. The molecule has 0 radical (unpaired) electrons. The van der Waals surface area contributed by atoms with Gasteiger partial charge in [-0.2, -0.15) is 4.98 Å². The van der Waals surface area contributed by atoms with Gasteiger partial charge in [-0.1, -0.05) is 28.1 Å². The van der Waals surface area contributed by atoms with Gasteiger partial charge in [-0.3, -0.25) is 0 Å². The molecule has 2 amide bonds. The van der Waals surface area contributed by atoms with Gasteiger partial charge in [0.25, 0.3) is 0 Å². The molecule has 3 N–H and O–H groups in total. The van der Waals surface area contributed by atoms with Crippen molar-refractivity contribution in [3.8, 4) is 0 Å². The van der Waals surface area contributed by atoms with Gasteiger partial charge < -0.3 is 20.9 Å². The molecule has 1 aliphatic rings. The maximum atomic E-state index is 12.3. The quantitative estimate of drug-likeness (QED) is 0.476. The SMILES string of the molecule is CN(C)c1nc(NC2CCC(NC(=O)Nc3ccc(Br)cc3)CC2)nc2ccccc12. The van der Waals surface area contributed by atoms with Crippen LogP contribution in [-0.2, 0) is 0 Å². The number of aromatic nitrogens is 2. The number of hydrogen-bond donors (Lipinski definition) is 3. The molecule has 0 bridgehead atoms. The minimum absolute atomic E-state index is 0.160. The molecule has 0 unspecified atom stereocenters. The Hall–Kier alpha value is -2.87. The number of carbonyl (C=O) groups is 1. The summed E-state index contributed by atoms with van der Waals surface area (Å²) in [7, 11) is 3.99. The van der Waals surface area contributed by atoms with E-state index in [1.165, 1.54) is 0 Å². The average molecular weight is 483 g/mol. The number of hydrogen-bond acceptors (Lipinski definition) is 5. The fraction of sp³-hybridized carbons (Fsp3) is 0.348. The first-order valence-corrected chi connectivity index (χ1v) is 11.3. The van der Waals surface area contributed by atoms with Crippen LogP contribution in [0.2, 0.25) is 0 Å². The highest BCUT2D eigenvalue weighted by Gasteiger charge is 2.23. The Morgan fingerprint density at radius 2 is 1.65 bits per heavy atom. The Kier molecular flexibility index (Phi) is 6.56. The Bertz CT molecular complexity index is 1050. The zero-order valence-corrected chi connectivity index (χ0v) is 19.3. The number of carbonyl (C=O) groups excluding carboxylic acids is 1. The molecule has 8 heteroatoms. The van der Waals surface area contributed by atoms with Gasteiger partial charge in [0.15, 0.2) is 0 Å². The van der Waals surface area contributed by atoms with Crippen LogP contribution in [0.5, 0.6) is 0 Å². The third-order valence-corrected chi connectivity index (χ3v) is 6.03. The van der Waals surface area contributed by atoms with Gasteiger partial charge in [0, 0.05) is 41.7 Å². The van der Waals surface area contributed by atoms with Gasteiger partial charge in [0.1, 0.15) is 5.82 Å². The third kappa shape index (κ3) is 5.44. The molecule has 0 aliphatic heterocycles. The van der Waals surface area contributed by atoms with Crippen molar-refractivity contribution in [3.63, 3.8) is 0 Å². The third-order valence-electron chi connectivity index (χ3n) is 5.50. The summed E-state index contributed by atoms with van der Waals surface area (Å²) >= 11 is 3.40. The van der Waals surface area contributed by atoms with Crippen LogP contribution in [0.25, 0.3) is 10.9 Å². The van der Waals surface area contributed by atoms with Gasteiger partial charge in [-0.05, 0) is 62.1 Å². The number of rotatable bonds is 5. The summed E-state index contributed by atoms with van der Waals surface area (Å²) < 4.78 is 0.984.